The van der Waals surface area contributed by atoms with Crippen molar-refractivity contribution in [3.63, 3.8) is 0 Å². The Morgan fingerprint density at radius 2 is 1.90 bits per heavy atom. The first-order chi connectivity index (χ1) is 4.66. The predicted molar refractivity (Wildman–Crippen MR) is 47.8 cm³/mol. The molecule has 0 aromatic heterocycles. The molecular weight excluding hydrogens is 120 g/mol. The fourth-order valence-electron chi connectivity index (χ4n) is 0.606. The van der Waals surface area contributed by atoms with E-state index < -0.39 is 0 Å². The predicted octanol–water partition coefficient (Wildman–Crippen LogP) is 3.51. The average molecular weight is 137 g/mol. The number of allylic oxidation sites excluding steroid dienone is 4. The summed E-state index contributed by atoms with van der Waals surface area (Å²) >= 11 is 0. The number of hydrogen-bond donors (Lipinski definition) is 0. The van der Waals surface area contributed by atoms with Gasteiger partial charge in [-0.05, 0) is 33.6 Å². The van der Waals surface area contributed by atoms with Gasteiger partial charge in [0, 0.05) is 0 Å². The van der Waals surface area contributed by atoms with E-state index in [4.69, 9.17) is 0 Å². The van der Waals surface area contributed by atoms with Gasteiger partial charge in [0.05, 0.1) is 0 Å². The van der Waals surface area contributed by atoms with Crippen LogP contribution in [0.4, 0.5) is 0 Å². The zero-order chi connectivity index (χ0) is 7.98. The molecule has 0 N–H and O–H groups in total. The molecule has 0 aromatic rings. The normalized spacial score (nSPS) is 14.0. The highest BCUT2D eigenvalue weighted by Crippen LogP contribution is 2.01. The van der Waals surface area contributed by atoms with E-state index in [0.29, 0.717) is 0 Å². The van der Waals surface area contributed by atoms with Crippen molar-refractivity contribution in [2.45, 2.75) is 33.6 Å². The van der Waals surface area contributed by atoms with Gasteiger partial charge in [-0.1, -0.05) is 30.2 Å². The van der Waals surface area contributed by atoms with Crippen LogP contribution in [0.15, 0.2) is 23.3 Å². The van der Waals surface area contributed by atoms with Crippen molar-refractivity contribution in [3.05, 3.63) is 30.2 Å². The molecule has 0 fully saturated rings. The Labute approximate surface area is 64.6 Å². The van der Waals surface area contributed by atoms with E-state index in [1.165, 1.54) is 5.57 Å². The second kappa shape index (κ2) is 5.28. The molecular formula is C10H17. The molecule has 0 atom stereocenters. The molecule has 0 aromatic carbocycles. The number of rotatable bonds is 3. The lowest BCUT2D eigenvalue weighted by molar-refractivity contribution is 1.08. The van der Waals surface area contributed by atoms with E-state index in [1.807, 2.05) is 6.92 Å². The van der Waals surface area contributed by atoms with Gasteiger partial charge < -0.3 is 0 Å². The van der Waals surface area contributed by atoms with Crippen LogP contribution < -0.4 is 0 Å². The minimum atomic E-state index is 1.04. The zero-order valence-electron chi connectivity index (χ0n) is 7.28. The Kier molecular flexibility index (Phi) is 5.00. The highest BCUT2D eigenvalue weighted by molar-refractivity contribution is 5.07. The van der Waals surface area contributed by atoms with Gasteiger partial charge >= 0.3 is 0 Å². The molecule has 0 aliphatic carbocycles. The van der Waals surface area contributed by atoms with Crippen molar-refractivity contribution in [1.29, 1.82) is 0 Å². The van der Waals surface area contributed by atoms with Crippen molar-refractivity contribution in [1.82, 2.24) is 0 Å². The summed E-state index contributed by atoms with van der Waals surface area (Å²) in [5.74, 6) is 0. The topological polar surface area (TPSA) is 0 Å². The molecule has 0 heteroatoms. The van der Waals surface area contributed by atoms with E-state index in [0.717, 1.165) is 18.4 Å². The summed E-state index contributed by atoms with van der Waals surface area (Å²) in [6.07, 6.45) is 6.58. The first-order valence-electron chi connectivity index (χ1n) is 3.81. The fourth-order valence-corrected chi connectivity index (χ4v) is 0.606. The largest absolute Gasteiger partial charge is 0.0818 e. The quantitative estimate of drug-likeness (QED) is 0.522. The van der Waals surface area contributed by atoms with Gasteiger partial charge in [0.2, 0.25) is 0 Å². The van der Waals surface area contributed by atoms with Gasteiger partial charge in [0.25, 0.3) is 0 Å². The second-order valence-electron chi connectivity index (χ2n) is 2.69. The van der Waals surface area contributed by atoms with Crippen LogP contribution in [0, 0.1) is 6.92 Å². The van der Waals surface area contributed by atoms with Crippen LogP contribution in [-0.4, -0.2) is 0 Å². The lowest BCUT2D eigenvalue weighted by Gasteiger charge is -1.92. The zero-order valence-corrected chi connectivity index (χ0v) is 7.28. The fraction of sp³-hybridized carbons (Fsp3) is 0.500. The molecule has 10 heavy (non-hydrogen) atoms. The van der Waals surface area contributed by atoms with Crippen molar-refractivity contribution in [2.75, 3.05) is 0 Å². The highest BCUT2D eigenvalue weighted by atomic mass is 13.9. The SMILES string of the molecule is [CH2]C(C)=CCC=C(C)CC. The van der Waals surface area contributed by atoms with E-state index >= 15 is 0 Å². The van der Waals surface area contributed by atoms with Gasteiger partial charge in [0.1, 0.15) is 0 Å². The smallest absolute Gasteiger partial charge is 0.0164 e. The van der Waals surface area contributed by atoms with Crippen molar-refractivity contribution < 1.29 is 0 Å². The monoisotopic (exact) mass is 137 g/mol. The second-order valence-corrected chi connectivity index (χ2v) is 2.69. The van der Waals surface area contributed by atoms with Crippen molar-refractivity contribution in [2.24, 2.45) is 0 Å². The standard InChI is InChI=1S/C10H17/c1-5-10(4)8-6-7-9(2)3/h7-8H,2,5-6H2,1,3-4H3. The minimum absolute atomic E-state index is 1.04. The van der Waals surface area contributed by atoms with E-state index in [1.54, 1.807) is 0 Å². The maximum atomic E-state index is 3.79. The van der Waals surface area contributed by atoms with Gasteiger partial charge in [-0.3, -0.25) is 0 Å². The van der Waals surface area contributed by atoms with Gasteiger partial charge in [-0.15, -0.1) is 0 Å². The molecule has 0 saturated carbocycles. The van der Waals surface area contributed by atoms with E-state index in [-0.39, 0.29) is 0 Å². The summed E-state index contributed by atoms with van der Waals surface area (Å²) < 4.78 is 0. The third-order valence-corrected chi connectivity index (χ3v) is 1.49. The van der Waals surface area contributed by atoms with Gasteiger partial charge in [-0.2, -0.15) is 0 Å². The molecule has 0 saturated heterocycles. The Bertz CT molecular complexity index is 134. The Morgan fingerprint density at radius 1 is 1.30 bits per heavy atom. The van der Waals surface area contributed by atoms with Crippen LogP contribution in [0.1, 0.15) is 33.6 Å². The molecule has 0 aliphatic heterocycles. The van der Waals surface area contributed by atoms with Crippen molar-refractivity contribution >= 4 is 0 Å². The number of hydrogen-bond acceptors (Lipinski definition) is 0. The van der Waals surface area contributed by atoms with Crippen LogP contribution in [0.25, 0.3) is 0 Å². The molecule has 0 aliphatic rings. The molecule has 0 bridgehead atoms. The first kappa shape index (κ1) is 9.48. The summed E-state index contributed by atoms with van der Waals surface area (Å²) in [5.41, 5.74) is 2.61. The third kappa shape index (κ3) is 5.61. The van der Waals surface area contributed by atoms with Crippen LogP contribution >= 0.6 is 0 Å². The van der Waals surface area contributed by atoms with E-state index in [9.17, 15) is 0 Å². The lowest BCUT2D eigenvalue weighted by Crippen LogP contribution is -1.71. The first-order valence-corrected chi connectivity index (χ1v) is 3.81. The Balaban J connectivity index is 3.63. The third-order valence-electron chi connectivity index (χ3n) is 1.49. The van der Waals surface area contributed by atoms with Crippen LogP contribution in [0.5, 0.6) is 0 Å². The van der Waals surface area contributed by atoms with Crippen LogP contribution in [0.3, 0.4) is 0 Å². The van der Waals surface area contributed by atoms with Gasteiger partial charge in [0.15, 0.2) is 0 Å². The van der Waals surface area contributed by atoms with E-state index in [2.05, 4.69) is 32.9 Å². The molecule has 0 nitrogen and oxygen atoms in total. The summed E-state index contributed by atoms with van der Waals surface area (Å²) in [7, 11) is 0. The molecule has 1 radical (unpaired) electrons. The lowest BCUT2D eigenvalue weighted by atomic mass is 10.2. The average Bonchev–Trinajstić information content (AvgIpc) is 1.87. The summed E-state index contributed by atoms with van der Waals surface area (Å²) in [5, 5.41) is 0. The molecule has 0 unspecified atom stereocenters. The maximum Gasteiger partial charge on any atom is -0.0164 e. The van der Waals surface area contributed by atoms with Crippen LogP contribution in [0.2, 0.25) is 0 Å². The Hall–Kier alpha value is -0.520. The van der Waals surface area contributed by atoms with Crippen LogP contribution in [-0.2, 0) is 0 Å². The minimum Gasteiger partial charge on any atom is -0.0818 e. The summed E-state index contributed by atoms with van der Waals surface area (Å²) in [6, 6.07) is 0. The molecule has 0 spiro atoms. The van der Waals surface area contributed by atoms with Crippen molar-refractivity contribution in [3.8, 4) is 0 Å². The highest BCUT2D eigenvalue weighted by Gasteiger charge is 1.80. The summed E-state index contributed by atoms with van der Waals surface area (Å²) in [4.78, 5) is 0. The summed E-state index contributed by atoms with van der Waals surface area (Å²) in [6.45, 7) is 10.1. The molecule has 0 amide bonds. The van der Waals surface area contributed by atoms with Gasteiger partial charge in [-0.25, -0.2) is 0 Å². The molecule has 0 rings (SSSR count). The maximum absolute atomic E-state index is 3.79. The molecule has 0 heterocycles. The Morgan fingerprint density at radius 3 is 2.30 bits per heavy atom. The molecule has 57 valence electrons.